The number of carbonyl (C=O) groups is 3. The van der Waals surface area contributed by atoms with Crippen molar-refractivity contribution in [3.63, 3.8) is 0 Å². The number of benzene rings is 1. The smallest absolute Gasteiger partial charge is 0.357 e. The van der Waals surface area contributed by atoms with Crippen LogP contribution in [0.15, 0.2) is 11.4 Å². The average molecular weight is 509 g/mol. The number of thiazole rings is 1. The van der Waals surface area contributed by atoms with Gasteiger partial charge in [0.25, 0.3) is 0 Å². The van der Waals surface area contributed by atoms with Gasteiger partial charge in [0.05, 0.1) is 31.9 Å². The van der Waals surface area contributed by atoms with E-state index in [1.165, 1.54) is 36.3 Å². The lowest BCUT2D eigenvalue weighted by molar-refractivity contribution is -0.121. The number of hydrogen-bond donors (Lipinski definition) is 2. The van der Waals surface area contributed by atoms with Gasteiger partial charge in [-0.1, -0.05) is 0 Å². The van der Waals surface area contributed by atoms with Gasteiger partial charge in [-0.25, -0.2) is 14.6 Å². The lowest BCUT2D eigenvalue weighted by Crippen LogP contribution is -2.30. The van der Waals surface area contributed by atoms with Crippen LogP contribution in [0.2, 0.25) is 0 Å². The standard InChI is InChI=1S/C23H28N2O7S2/c1-4-31-22(28)16-12-34-21(25-16)15-11-33-10-14-17(26)9-18(30-3)13(2)20(14)23(29)32-8-6-5-7-19(27)24-15/h9,12,15,26H,4-8,10-11H2,1-3H3,(H,24,27)/t15-/m1/s1. The van der Waals surface area contributed by atoms with Crippen LogP contribution in [0, 0.1) is 6.92 Å². The highest BCUT2D eigenvalue weighted by Crippen LogP contribution is 2.36. The topological polar surface area (TPSA) is 124 Å². The van der Waals surface area contributed by atoms with Crippen LogP contribution >= 0.6 is 23.1 Å². The van der Waals surface area contributed by atoms with E-state index in [4.69, 9.17) is 14.2 Å². The molecule has 9 nitrogen and oxygen atoms in total. The molecule has 0 unspecified atom stereocenters. The molecule has 0 bridgehead atoms. The van der Waals surface area contributed by atoms with Crippen LogP contribution in [-0.2, 0) is 20.0 Å². The average Bonchev–Trinajstić information content (AvgIpc) is 3.30. The third-order valence-corrected chi connectivity index (χ3v) is 7.27. The van der Waals surface area contributed by atoms with Crippen LogP contribution in [0.4, 0.5) is 0 Å². The van der Waals surface area contributed by atoms with Crippen molar-refractivity contribution < 1.29 is 33.7 Å². The number of methoxy groups -OCH3 is 1. The molecular weight excluding hydrogens is 480 g/mol. The molecule has 3 rings (SSSR count). The van der Waals surface area contributed by atoms with Crippen LogP contribution < -0.4 is 10.1 Å². The summed E-state index contributed by atoms with van der Waals surface area (Å²) >= 11 is 2.69. The zero-order valence-electron chi connectivity index (χ0n) is 19.3. The van der Waals surface area contributed by atoms with Gasteiger partial charge in [-0.05, 0) is 26.7 Å². The summed E-state index contributed by atoms with van der Waals surface area (Å²) in [5.41, 5.74) is 1.54. The first-order valence-corrected chi connectivity index (χ1v) is 12.9. The van der Waals surface area contributed by atoms with Crippen LogP contribution in [0.3, 0.4) is 0 Å². The van der Waals surface area contributed by atoms with E-state index in [1.54, 1.807) is 19.2 Å². The number of aromatic hydroxyl groups is 1. The number of hydrogen-bond acceptors (Lipinski definition) is 10. The molecule has 0 fully saturated rings. The van der Waals surface area contributed by atoms with E-state index in [0.29, 0.717) is 51.8 Å². The quantitative estimate of drug-likeness (QED) is 0.594. The molecule has 2 N–H and O–H groups in total. The molecule has 1 aromatic carbocycles. The fourth-order valence-electron chi connectivity index (χ4n) is 3.52. The number of rotatable bonds is 4. The maximum absolute atomic E-state index is 12.9. The molecule has 11 heteroatoms. The Kier molecular flexibility index (Phi) is 9.17. The summed E-state index contributed by atoms with van der Waals surface area (Å²) in [5.74, 6) is -0.131. The first-order chi connectivity index (χ1) is 16.3. The molecule has 1 atom stereocenters. The molecule has 2 heterocycles. The van der Waals surface area contributed by atoms with Crippen LogP contribution in [-0.4, -0.2) is 54.0 Å². The molecule has 0 aliphatic carbocycles. The van der Waals surface area contributed by atoms with Gasteiger partial charge in [-0.15, -0.1) is 11.3 Å². The van der Waals surface area contributed by atoms with E-state index < -0.39 is 18.0 Å². The molecule has 0 saturated heterocycles. The number of nitrogens with zero attached hydrogens (tertiary/aromatic N) is 1. The van der Waals surface area contributed by atoms with E-state index in [2.05, 4.69) is 10.3 Å². The van der Waals surface area contributed by atoms with Gasteiger partial charge in [0, 0.05) is 40.5 Å². The molecule has 2 aromatic rings. The summed E-state index contributed by atoms with van der Waals surface area (Å²) in [6.07, 6.45) is 1.34. The van der Waals surface area contributed by atoms with Gasteiger partial charge >= 0.3 is 11.9 Å². The molecule has 34 heavy (non-hydrogen) atoms. The van der Waals surface area contributed by atoms with Crippen molar-refractivity contribution in [2.75, 3.05) is 26.1 Å². The van der Waals surface area contributed by atoms with Gasteiger partial charge in [-0.2, -0.15) is 11.8 Å². The van der Waals surface area contributed by atoms with E-state index in [0.717, 1.165) is 0 Å². The van der Waals surface area contributed by atoms with Crippen molar-refractivity contribution >= 4 is 40.9 Å². The van der Waals surface area contributed by atoms with E-state index in [1.807, 2.05) is 0 Å². The van der Waals surface area contributed by atoms with Crippen LogP contribution in [0.25, 0.3) is 0 Å². The number of phenolic OH excluding ortho intramolecular Hbond substituents is 1. The predicted octanol–water partition coefficient (Wildman–Crippen LogP) is 3.77. The number of fused-ring (bicyclic) bond motifs is 1. The SMILES string of the molecule is CCOC(=O)c1csc([C@H]2CSCc3c(O)cc(OC)c(C)c3C(=O)OCCCCC(=O)N2)n1. The zero-order valence-corrected chi connectivity index (χ0v) is 21.0. The first kappa shape index (κ1) is 25.8. The molecule has 1 aliphatic rings. The number of esters is 2. The number of carbonyl (C=O) groups excluding carboxylic acids is 3. The summed E-state index contributed by atoms with van der Waals surface area (Å²) in [6.45, 7) is 3.88. The minimum Gasteiger partial charge on any atom is -0.507 e. The number of phenols is 1. The highest BCUT2D eigenvalue weighted by Gasteiger charge is 2.25. The molecule has 1 amide bonds. The molecule has 0 saturated carbocycles. The maximum atomic E-state index is 12.9. The minimum absolute atomic E-state index is 0.0616. The van der Waals surface area contributed by atoms with Crippen molar-refractivity contribution in [2.24, 2.45) is 0 Å². The summed E-state index contributed by atoms with van der Waals surface area (Å²) in [7, 11) is 1.48. The zero-order chi connectivity index (χ0) is 24.7. The van der Waals surface area contributed by atoms with Gasteiger partial charge < -0.3 is 24.6 Å². The second-order valence-electron chi connectivity index (χ2n) is 7.60. The Morgan fingerprint density at radius 2 is 2.15 bits per heavy atom. The summed E-state index contributed by atoms with van der Waals surface area (Å²) in [4.78, 5) is 41.8. The Bertz CT molecular complexity index is 1050. The Morgan fingerprint density at radius 3 is 2.88 bits per heavy atom. The minimum atomic E-state index is -0.528. The molecule has 0 radical (unpaired) electrons. The second kappa shape index (κ2) is 12.1. The highest BCUT2D eigenvalue weighted by atomic mass is 32.2. The monoisotopic (exact) mass is 508 g/mol. The number of thioether (sulfide) groups is 1. The largest absolute Gasteiger partial charge is 0.507 e. The van der Waals surface area contributed by atoms with Crippen molar-refractivity contribution in [1.29, 1.82) is 0 Å². The molecule has 184 valence electrons. The van der Waals surface area contributed by atoms with Gasteiger partial charge in [-0.3, -0.25) is 4.79 Å². The normalized spacial score (nSPS) is 17.7. The van der Waals surface area contributed by atoms with Crippen LogP contribution in [0.1, 0.15) is 69.2 Å². The number of cyclic esters (lactones) is 1. The van der Waals surface area contributed by atoms with Gasteiger partial charge in [0.2, 0.25) is 5.91 Å². The number of ether oxygens (including phenoxy) is 3. The Labute approximate surface area is 206 Å². The molecule has 1 aromatic heterocycles. The second-order valence-corrected chi connectivity index (χ2v) is 9.52. The lowest BCUT2D eigenvalue weighted by atomic mass is 10.0. The summed E-state index contributed by atoms with van der Waals surface area (Å²) < 4.78 is 15.7. The van der Waals surface area contributed by atoms with E-state index in [-0.39, 0.29) is 37.0 Å². The van der Waals surface area contributed by atoms with Crippen molar-refractivity contribution in [1.82, 2.24) is 10.3 Å². The fourth-order valence-corrected chi connectivity index (χ4v) is 5.56. The molecule has 0 spiro atoms. The third-order valence-electron chi connectivity index (χ3n) is 5.25. The summed E-state index contributed by atoms with van der Waals surface area (Å²) in [6, 6.07) is 1.04. The van der Waals surface area contributed by atoms with Crippen molar-refractivity contribution in [3.05, 3.63) is 38.8 Å². The van der Waals surface area contributed by atoms with Crippen molar-refractivity contribution in [2.45, 2.75) is 44.9 Å². The first-order valence-electron chi connectivity index (χ1n) is 10.9. The number of nitrogens with one attached hydrogen (secondary N) is 1. The van der Waals surface area contributed by atoms with Crippen LogP contribution in [0.5, 0.6) is 11.5 Å². The highest BCUT2D eigenvalue weighted by molar-refractivity contribution is 7.98. The number of amides is 1. The third kappa shape index (κ3) is 6.20. The Hall–Kier alpha value is -2.79. The predicted molar refractivity (Wildman–Crippen MR) is 129 cm³/mol. The van der Waals surface area contributed by atoms with Gasteiger partial charge in [0.1, 0.15) is 16.5 Å². The fraction of sp³-hybridized carbons (Fsp3) is 0.478. The van der Waals surface area contributed by atoms with E-state index >= 15 is 0 Å². The number of aromatic nitrogens is 1. The van der Waals surface area contributed by atoms with Gasteiger partial charge in [0.15, 0.2) is 5.69 Å². The Balaban J connectivity index is 1.89. The van der Waals surface area contributed by atoms with E-state index in [9.17, 15) is 19.5 Å². The molecular formula is C23H28N2O7S2. The van der Waals surface area contributed by atoms with Crippen molar-refractivity contribution in [3.8, 4) is 11.5 Å². The summed E-state index contributed by atoms with van der Waals surface area (Å²) in [5, 5.41) is 15.8. The maximum Gasteiger partial charge on any atom is 0.357 e. The molecule has 1 aliphatic heterocycles. The Morgan fingerprint density at radius 1 is 1.35 bits per heavy atom. The lowest BCUT2D eigenvalue weighted by Gasteiger charge is -2.20.